The van der Waals surface area contributed by atoms with Crippen LogP contribution in [0.4, 0.5) is 5.69 Å². The van der Waals surface area contributed by atoms with Crippen molar-refractivity contribution in [2.24, 2.45) is 5.14 Å². The van der Waals surface area contributed by atoms with Crippen LogP contribution in [0.5, 0.6) is 0 Å². The van der Waals surface area contributed by atoms with E-state index in [0.29, 0.717) is 10.6 Å². The average molecular weight is 284 g/mol. The number of hydrogen-bond donors (Lipinski definition) is 2. The molecule has 1 aromatic carbocycles. The lowest BCUT2D eigenvalue weighted by atomic mass is 10.3. The van der Waals surface area contributed by atoms with Crippen molar-refractivity contribution >= 4 is 27.5 Å². The van der Waals surface area contributed by atoms with Crippen LogP contribution in [0.3, 0.4) is 0 Å². The van der Waals surface area contributed by atoms with Crippen molar-refractivity contribution in [1.82, 2.24) is 0 Å². The lowest BCUT2D eigenvalue weighted by molar-refractivity contribution is 0.527. The first-order valence-electron chi connectivity index (χ1n) is 5.02. The topological polar surface area (TPSA) is 99.3 Å². The van der Waals surface area contributed by atoms with E-state index >= 15 is 0 Å². The number of nitrogen functional groups attached to an aromatic ring is 1. The second kappa shape index (κ2) is 4.68. The van der Waals surface area contributed by atoms with Crippen molar-refractivity contribution in [3.05, 3.63) is 36.3 Å². The van der Waals surface area contributed by atoms with Crippen LogP contribution < -0.4 is 10.9 Å². The van der Waals surface area contributed by atoms with E-state index in [-0.39, 0.29) is 4.90 Å². The van der Waals surface area contributed by atoms with Gasteiger partial charge in [0.15, 0.2) is 0 Å². The Morgan fingerprint density at radius 3 is 2.50 bits per heavy atom. The first-order chi connectivity index (χ1) is 8.38. The van der Waals surface area contributed by atoms with E-state index in [4.69, 9.17) is 15.3 Å². The molecule has 0 aliphatic carbocycles. The first kappa shape index (κ1) is 13.0. The van der Waals surface area contributed by atoms with Crippen LogP contribution in [0, 0.1) is 6.92 Å². The third-order valence-corrected chi connectivity index (χ3v) is 4.47. The summed E-state index contributed by atoms with van der Waals surface area (Å²) >= 11 is 1.34. The Morgan fingerprint density at radius 2 is 1.94 bits per heavy atom. The number of aryl methyl sites for hydroxylation is 1. The summed E-state index contributed by atoms with van der Waals surface area (Å²) in [5, 5.41) is 5.08. The second-order valence-electron chi connectivity index (χ2n) is 3.69. The Hall–Kier alpha value is -1.44. The highest BCUT2D eigenvalue weighted by Gasteiger charge is 2.12. The van der Waals surface area contributed by atoms with Crippen LogP contribution in [0.25, 0.3) is 0 Å². The largest absolute Gasteiger partial charge is 0.468 e. The van der Waals surface area contributed by atoms with Gasteiger partial charge in [-0.1, -0.05) is 11.8 Å². The van der Waals surface area contributed by atoms with Crippen LogP contribution in [0.15, 0.2) is 49.6 Å². The number of hydrogen-bond acceptors (Lipinski definition) is 5. The lowest BCUT2D eigenvalue weighted by Crippen LogP contribution is -2.12. The number of benzene rings is 1. The van der Waals surface area contributed by atoms with E-state index in [1.165, 1.54) is 30.0 Å². The molecule has 4 N–H and O–H groups in total. The summed E-state index contributed by atoms with van der Waals surface area (Å²) < 4.78 is 27.7. The number of sulfonamides is 1. The highest BCUT2D eigenvalue weighted by molar-refractivity contribution is 7.99. The van der Waals surface area contributed by atoms with Gasteiger partial charge in [-0.3, -0.25) is 0 Å². The summed E-state index contributed by atoms with van der Waals surface area (Å²) in [6.45, 7) is 1.82. The molecule has 0 fully saturated rings. The third-order valence-electron chi connectivity index (χ3n) is 2.34. The molecule has 1 aromatic heterocycles. The maximum absolute atomic E-state index is 11.3. The van der Waals surface area contributed by atoms with Crippen molar-refractivity contribution < 1.29 is 12.8 Å². The standard InChI is InChI=1S/C11H12N2O3S2/c1-7-10(4-5-16-7)17-11-6-8(18(13,14)15)2-3-9(11)12/h2-6H,12H2,1H3,(H2,13,14,15). The average Bonchev–Trinajstić information content (AvgIpc) is 2.66. The molecule has 5 nitrogen and oxygen atoms in total. The van der Waals surface area contributed by atoms with Crippen molar-refractivity contribution in [3.8, 4) is 0 Å². The summed E-state index contributed by atoms with van der Waals surface area (Å²) in [5.41, 5.74) is 6.31. The zero-order valence-corrected chi connectivity index (χ0v) is 11.2. The Kier molecular flexibility index (Phi) is 3.38. The minimum Gasteiger partial charge on any atom is -0.468 e. The summed E-state index contributed by atoms with van der Waals surface area (Å²) in [6.07, 6.45) is 1.57. The monoisotopic (exact) mass is 284 g/mol. The number of primary sulfonamides is 1. The molecule has 0 saturated heterocycles. The van der Waals surface area contributed by atoms with Gasteiger partial charge in [0.1, 0.15) is 5.76 Å². The Labute approximate surface area is 109 Å². The van der Waals surface area contributed by atoms with Gasteiger partial charge in [-0.15, -0.1) is 0 Å². The van der Waals surface area contributed by atoms with Crippen molar-refractivity contribution in [3.63, 3.8) is 0 Å². The second-order valence-corrected chi connectivity index (χ2v) is 6.33. The molecule has 0 saturated carbocycles. The molecule has 1 heterocycles. The Morgan fingerprint density at radius 1 is 1.22 bits per heavy atom. The molecule has 0 amide bonds. The summed E-state index contributed by atoms with van der Waals surface area (Å²) in [7, 11) is -3.72. The van der Waals surface area contributed by atoms with Crippen LogP contribution >= 0.6 is 11.8 Å². The third kappa shape index (κ3) is 2.69. The number of furan rings is 1. The van der Waals surface area contributed by atoms with Crippen molar-refractivity contribution in [2.45, 2.75) is 21.6 Å². The lowest BCUT2D eigenvalue weighted by Gasteiger charge is -2.06. The van der Waals surface area contributed by atoms with Gasteiger partial charge < -0.3 is 10.2 Å². The molecule has 7 heteroatoms. The Bertz CT molecular complexity index is 677. The zero-order chi connectivity index (χ0) is 13.3. The fraction of sp³-hybridized carbons (Fsp3) is 0.0909. The smallest absolute Gasteiger partial charge is 0.238 e. The molecule has 18 heavy (non-hydrogen) atoms. The molecular weight excluding hydrogens is 272 g/mol. The van der Waals surface area contributed by atoms with Crippen LogP contribution in [0.2, 0.25) is 0 Å². The SMILES string of the molecule is Cc1occc1Sc1cc(S(N)(=O)=O)ccc1N. The van der Waals surface area contributed by atoms with Gasteiger partial charge in [-0.25, -0.2) is 13.6 Å². The van der Waals surface area contributed by atoms with Gasteiger partial charge >= 0.3 is 0 Å². The van der Waals surface area contributed by atoms with Crippen LogP contribution in [0.1, 0.15) is 5.76 Å². The highest BCUT2D eigenvalue weighted by Crippen LogP contribution is 2.35. The van der Waals surface area contributed by atoms with E-state index < -0.39 is 10.0 Å². The van der Waals surface area contributed by atoms with Gasteiger partial charge in [0.25, 0.3) is 0 Å². The fourth-order valence-corrected chi connectivity index (χ4v) is 2.92. The fourth-order valence-electron chi connectivity index (χ4n) is 1.38. The van der Waals surface area contributed by atoms with E-state index in [0.717, 1.165) is 10.7 Å². The molecular formula is C11H12N2O3S2. The molecule has 0 atom stereocenters. The minimum atomic E-state index is -3.72. The predicted octanol–water partition coefficient (Wildman–Crippen LogP) is 1.97. The van der Waals surface area contributed by atoms with E-state index in [9.17, 15) is 8.42 Å². The molecule has 0 aliphatic heterocycles. The molecule has 0 unspecified atom stereocenters. The van der Waals surface area contributed by atoms with Gasteiger partial charge in [0, 0.05) is 10.6 Å². The van der Waals surface area contributed by atoms with Crippen molar-refractivity contribution in [2.75, 3.05) is 5.73 Å². The quantitative estimate of drug-likeness (QED) is 0.839. The maximum Gasteiger partial charge on any atom is 0.238 e. The number of nitrogens with two attached hydrogens (primary N) is 2. The van der Waals surface area contributed by atoms with Gasteiger partial charge in [0.2, 0.25) is 10.0 Å². The number of anilines is 1. The summed E-state index contributed by atoms with van der Waals surface area (Å²) in [4.78, 5) is 1.56. The molecule has 2 aromatic rings. The van der Waals surface area contributed by atoms with Crippen LogP contribution in [-0.2, 0) is 10.0 Å². The molecule has 0 spiro atoms. The van der Waals surface area contributed by atoms with Crippen LogP contribution in [-0.4, -0.2) is 8.42 Å². The maximum atomic E-state index is 11.3. The van der Waals surface area contributed by atoms with Gasteiger partial charge in [-0.2, -0.15) is 0 Å². The zero-order valence-electron chi connectivity index (χ0n) is 9.58. The molecule has 0 aliphatic rings. The van der Waals surface area contributed by atoms with Crippen molar-refractivity contribution in [1.29, 1.82) is 0 Å². The normalized spacial score (nSPS) is 11.7. The summed E-state index contributed by atoms with van der Waals surface area (Å²) in [5.74, 6) is 0.750. The highest BCUT2D eigenvalue weighted by atomic mass is 32.2. The molecule has 0 bridgehead atoms. The predicted molar refractivity (Wildman–Crippen MR) is 69.8 cm³/mol. The van der Waals surface area contributed by atoms with Gasteiger partial charge in [-0.05, 0) is 31.2 Å². The van der Waals surface area contributed by atoms with Gasteiger partial charge in [0.05, 0.1) is 16.1 Å². The minimum absolute atomic E-state index is 0.0420. The Balaban J connectivity index is 2.42. The molecule has 2 rings (SSSR count). The first-order valence-corrected chi connectivity index (χ1v) is 7.38. The summed E-state index contributed by atoms with van der Waals surface area (Å²) in [6, 6.07) is 6.17. The van der Waals surface area contributed by atoms with E-state index in [1.807, 2.05) is 6.92 Å². The van der Waals surface area contributed by atoms with E-state index in [1.54, 1.807) is 12.3 Å². The van der Waals surface area contributed by atoms with E-state index in [2.05, 4.69) is 0 Å². The number of rotatable bonds is 3. The molecule has 0 radical (unpaired) electrons. The molecule has 96 valence electrons.